The van der Waals surface area contributed by atoms with Crippen molar-refractivity contribution < 1.29 is 4.79 Å². The van der Waals surface area contributed by atoms with Gasteiger partial charge < -0.3 is 15.5 Å². The molecule has 0 aliphatic carbocycles. The van der Waals surface area contributed by atoms with E-state index in [4.69, 9.17) is 0 Å². The number of nitrogens with zero attached hydrogens (tertiary/aromatic N) is 4. The summed E-state index contributed by atoms with van der Waals surface area (Å²) < 4.78 is 0. The molecule has 0 unspecified atom stereocenters. The van der Waals surface area contributed by atoms with Crippen LogP contribution in [0.4, 0.5) is 23.0 Å². The van der Waals surface area contributed by atoms with E-state index < -0.39 is 0 Å². The second kappa shape index (κ2) is 7.93. The number of pyridine rings is 1. The van der Waals surface area contributed by atoms with Crippen molar-refractivity contribution in [2.75, 3.05) is 29.6 Å². The van der Waals surface area contributed by atoms with E-state index in [2.05, 4.69) is 25.6 Å². The van der Waals surface area contributed by atoms with Gasteiger partial charge in [0.15, 0.2) is 0 Å². The standard InChI is InChI=1S/C22H20N6O/c1-28(2)18-10-8-17(9-11-18)26-21(29)16-13-24-22(25-14-16)27-19-7-3-5-15-6-4-12-23-20(15)19/h3-14H,1-2H3,(H,26,29)(H,24,25,27). The molecule has 1 amide bonds. The van der Waals surface area contributed by atoms with Gasteiger partial charge in [-0.2, -0.15) is 0 Å². The molecule has 0 atom stereocenters. The monoisotopic (exact) mass is 384 g/mol. The molecule has 2 N–H and O–H groups in total. The van der Waals surface area contributed by atoms with E-state index in [0.717, 1.165) is 22.3 Å². The maximum absolute atomic E-state index is 12.4. The quantitative estimate of drug-likeness (QED) is 0.539. The van der Waals surface area contributed by atoms with Crippen LogP contribution < -0.4 is 15.5 Å². The first kappa shape index (κ1) is 18.4. The van der Waals surface area contributed by atoms with Crippen LogP contribution in [0.2, 0.25) is 0 Å². The van der Waals surface area contributed by atoms with Crippen LogP contribution >= 0.6 is 0 Å². The summed E-state index contributed by atoms with van der Waals surface area (Å²) in [6.45, 7) is 0. The summed E-state index contributed by atoms with van der Waals surface area (Å²) in [6.07, 6.45) is 4.74. The van der Waals surface area contributed by atoms with E-state index in [9.17, 15) is 4.79 Å². The molecule has 0 saturated carbocycles. The third kappa shape index (κ3) is 4.14. The Labute approximate surface area is 168 Å². The molecule has 0 radical (unpaired) electrons. The third-order valence-corrected chi connectivity index (χ3v) is 4.43. The number of benzene rings is 2. The van der Waals surface area contributed by atoms with E-state index in [-0.39, 0.29) is 5.91 Å². The number of carbonyl (C=O) groups is 1. The van der Waals surface area contributed by atoms with Crippen molar-refractivity contribution in [3.8, 4) is 0 Å². The lowest BCUT2D eigenvalue weighted by molar-refractivity contribution is 0.102. The zero-order valence-electron chi connectivity index (χ0n) is 16.1. The van der Waals surface area contributed by atoms with Crippen LogP contribution in [0.5, 0.6) is 0 Å². The van der Waals surface area contributed by atoms with E-state index in [1.165, 1.54) is 12.4 Å². The van der Waals surface area contributed by atoms with Crippen molar-refractivity contribution in [1.29, 1.82) is 0 Å². The molecule has 0 aliphatic heterocycles. The van der Waals surface area contributed by atoms with Crippen molar-refractivity contribution in [1.82, 2.24) is 15.0 Å². The Balaban J connectivity index is 1.46. The van der Waals surface area contributed by atoms with Gasteiger partial charge in [-0.3, -0.25) is 9.78 Å². The second-order valence-corrected chi connectivity index (χ2v) is 6.70. The van der Waals surface area contributed by atoms with Crippen molar-refractivity contribution in [3.05, 3.63) is 78.8 Å². The zero-order valence-corrected chi connectivity index (χ0v) is 16.1. The molecule has 29 heavy (non-hydrogen) atoms. The van der Waals surface area contributed by atoms with Crippen molar-refractivity contribution in [2.45, 2.75) is 0 Å². The Morgan fingerprint density at radius 1 is 0.897 bits per heavy atom. The molecule has 0 fully saturated rings. The summed E-state index contributed by atoms with van der Waals surface area (Å²) in [4.78, 5) is 27.4. The highest BCUT2D eigenvalue weighted by atomic mass is 16.1. The predicted molar refractivity (Wildman–Crippen MR) is 116 cm³/mol. The van der Waals surface area contributed by atoms with Gasteiger partial charge in [-0.25, -0.2) is 9.97 Å². The first-order chi connectivity index (χ1) is 14.1. The Kier molecular flexibility index (Phi) is 5.03. The molecule has 0 aliphatic rings. The summed E-state index contributed by atoms with van der Waals surface area (Å²) in [5.74, 6) is 0.135. The lowest BCUT2D eigenvalue weighted by Crippen LogP contribution is -2.13. The number of carbonyl (C=O) groups excluding carboxylic acids is 1. The summed E-state index contributed by atoms with van der Waals surface area (Å²) >= 11 is 0. The summed E-state index contributed by atoms with van der Waals surface area (Å²) in [7, 11) is 3.93. The molecule has 7 heteroatoms. The average molecular weight is 384 g/mol. The molecule has 7 nitrogen and oxygen atoms in total. The Morgan fingerprint density at radius 2 is 1.62 bits per heavy atom. The minimum atomic E-state index is -0.263. The van der Waals surface area contributed by atoms with Crippen LogP contribution in [0.3, 0.4) is 0 Å². The predicted octanol–water partition coefficient (Wildman–Crippen LogP) is 4.09. The van der Waals surface area contributed by atoms with Gasteiger partial charge in [0, 0.05) is 49.4 Å². The number of rotatable bonds is 5. The van der Waals surface area contributed by atoms with Crippen molar-refractivity contribution in [2.24, 2.45) is 0 Å². The van der Waals surface area contributed by atoms with Crippen molar-refractivity contribution >= 4 is 39.8 Å². The maximum atomic E-state index is 12.4. The number of hydrogen-bond acceptors (Lipinski definition) is 6. The Morgan fingerprint density at radius 3 is 2.34 bits per heavy atom. The molecule has 144 valence electrons. The van der Waals surface area contributed by atoms with Gasteiger partial charge in [0.1, 0.15) is 0 Å². The molecular weight excluding hydrogens is 364 g/mol. The largest absolute Gasteiger partial charge is 0.378 e. The van der Waals surface area contributed by atoms with Gasteiger partial charge in [-0.15, -0.1) is 0 Å². The smallest absolute Gasteiger partial charge is 0.258 e. The Hall–Kier alpha value is -4.00. The molecule has 0 bridgehead atoms. The topological polar surface area (TPSA) is 83.0 Å². The van der Waals surface area contributed by atoms with Gasteiger partial charge in [-0.1, -0.05) is 18.2 Å². The van der Waals surface area contributed by atoms with E-state index in [1.807, 2.05) is 73.6 Å². The number of nitrogens with one attached hydrogen (secondary N) is 2. The highest BCUT2D eigenvalue weighted by Crippen LogP contribution is 2.23. The normalized spacial score (nSPS) is 10.6. The molecule has 4 aromatic rings. The van der Waals surface area contributed by atoms with Gasteiger partial charge in [0.05, 0.1) is 16.8 Å². The van der Waals surface area contributed by atoms with Crippen LogP contribution in [-0.2, 0) is 0 Å². The Bertz CT molecular complexity index is 1130. The average Bonchev–Trinajstić information content (AvgIpc) is 2.75. The SMILES string of the molecule is CN(C)c1ccc(NC(=O)c2cnc(Nc3cccc4cccnc34)nc2)cc1. The highest BCUT2D eigenvalue weighted by Gasteiger charge is 2.09. The van der Waals surface area contributed by atoms with Crippen molar-refractivity contribution in [3.63, 3.8) is 0 Å². The minimum absolute atomic E-state index is 0.263. The highest BCUT2D eigenvalue weighted by molar-refractivity contribution is 6.04. The molecule has 2 aromatic carbocycles. The molecular formula is C22H20N6O. The van der Waals surface area contributed by atoms with E-state index >= 15 is 0 Å². The number of fused-ring (bicyclic) bond motifs is 1. The van der Waals surface area contributed by atoms with Gasteiger partial charge >= 0.3 is 0 Å². The molecule has 0 spiro atoms. The van der Waals surface area contributed by atoms with E-state index in [1.54, 1.807) is 6.20 Å². The lowest BCUT2D eigenvalue weighted by atomic mass is 10.2. The summed E-state index contributed by atoms with van der Waals surface area (Å²) in [6, 6.07) is 17.3. The van der Waals surface area contributed by atoms with Gasteiger partial charge in [-0.05, 0) is 36.4 Å². The number of para-hydroxylation sites is 1. The fraction of sp³-hybridized carbons (Fsp3) is 0.0909. The molecule has 2 heterocycles. The first-order valence-corrected chi connectivity index (χ1v) is 9.12. The minimum Gasteiger partial charge on any atom is -0.378 e. The van der Waals surface area contributed by atoms with Crippen LogP contribution in [0.1, 0.15) is 10.4 Å². The summed E-state index contributed by atoms with van der Waals surface area (Å²) in [5.41, 5.74) is 3.79. The lowest BCUT2D eigenvalue weighted by Gasteiger charge is -2.13. The third-order valence-electron chi connectivity index (χ3n) is 4.43. The molecule has 4 rings (SSSR count). The maximum Gasteiger partial charge on any atom is 0.258 e. The van der Waals surface area contributed by atoms with Crippen LogP contribution in [0, 0.1) is 0 Å². The van der Waals surface area contributed by atoms with Gasteiger partial charge in [0.25, 0.3) is 5.91 Å². The number of aromatic nitrogens is 3. The number of hydrogen-bond donors (Lipinski definition) is 2. The van der Waals surface area contributed by atoms with Gasteiger partial charge in [0.2, 0.25) is 5.95 Å². The first-order valence-electron chi connectivity index (χ1n) is 9.12. The molecule has 0 saturated heterocycles. The van der Waals surface area contributed by atoms with E-state index in [0.29, 0.717) is 17.2 Å². The molecule has 2 aromatic heterocycles. The van der Waals surface area contributed by atoms with Crippen LogP contribution in [-0.4, -0.2) is 35.0 Å². The number of amides is 1. The fourth-order valence-corrected chi connectivity index (χ4v) is 2.88. The van der Waals surface area contributed by atoms with Crippen LogP contribution in [0.15, 0.2) is 73.2 Å². The number of anilines is 4. The summed E-state index contributed by atoms with van der Waals surface area (Å²) in [5, 5.41) is 7.03. The second-order valence-electron chi connectivity index (χ2n) is 6.70. The van der Waals surface area contributed by atoms with Crippen LogP contribution in [0.25, 0.3) is 10.9 Å². The fourth-order valence-electron chi connectivity index (χ4n) is 2.88. The zero-order chi connectivity index (χ0) is 20.2.